The lowest BCUT2D eigenvalue weighted by molar-refractivity contribution is -0.139. The predicted molar refractivity (Wildman–Crippen MR) is 99.1 cm³/mol. The third-order valence-electron chi connectivity index (χ3n) is 4.33. The zero-order valence-electron chi connectivity index (χ0n) is 15.7. The Morgan fingerprint density at radius 2 is 2.07 bits per heavy atom. The Kier molecular flexibility index (Phi) is 5.55. The van der Waals surface area contributed by atoms with Gasteiger partial charge in [0.2, 0.25) is 0 Å². The van der Waals surface area contributed by atoms with Crippen molar-refractivity contribution < 1.29 is 22.7 Å². The number of hydrogen-bond donors (Lipinski definition) is 0. The first-order chi connectivity index (χ1) is 13.7. The molecule has 0 N–H and O–H groups in total. The molecule has 0 fully saturated rings. The molecule has 6 nitrogen and oxygen atoms in total. The maximum absolute atomic E-state index is 13.6. The Labute approximate surface area is 164 Å². The van der Waals surface area contributed by atoms with Gasteiger partial charge in [-0.05, 0) is 37.6 Å². The number of ether oxygens (including phenoxy) is 1. The van der Waals surface area contributed by atoms with Crippen LogP contribution in [0.3, 0.4) is 0 Å². The Morgan fingerprint density at radius 3 is 2.72 bits per heavy atom. The fourth-order valence-electron chi connectivity index (χ4n) is 2.89. The van der Waals surface area contributed by atoms with Gasteiger partial charge >= 0.3 is 6.18 Å². The largest absolute Gasteiger partial charge is 0.493 e. The Bertz CT molecular complexity index is 1110. The molecule has 0 bridgehead atoms. The van der Waals surface area contributed by atoms with E-state index in [4.69, 9.17) is 4.74 Å². The van der Waals surface area contributed by atoms with Gasteiger partial charge in [-0.2, -0.15) is 18.4 Å². The first-order valence-electron chi connectivity index (χ1n) is 8.76. The first-order valence-corrected chi connectivity index (χ1v) is 8.76. The van der Waals surface area contributed by atoms with E-state index in [-0.39, 0.29) is 41.5 Å². The van der Waals surface area contributed by atoms with Crippen molar-refractivity contribution in [2.75, 3.05) is 6.61 Å². The molecule has 29 heavy (non-hydrogen) atoms. The van der Waals surface area contributed by atoms with E-state index >= 15 is 0 Å². The van der Waals surface area contributed by atoms with Gasteiger partial charge in [0.25, 0.3) is 0 Å². The van der Waals surface area contributed by atoms with E-state index < -0.39 is 11.7 Å². The first kappa shape index (κ1) is 20.3. The van der Waals surface area contributed by atoms with Gasteiger partial charge in [0.1, 0.15) is 23.1 Å². The SMILES string of the molecule is CC(=O)CCCOc1ccc(-c2cc3c(ncn3C)c(C#N)n2)cc1C(F)(F)F. The molecule has 3 aromatic rings. The van der Waals surface area contributed by atoms with Crippen molar-refractivity contribution in [3.63, 3.8) is 0 Å². The van der Waals surface area contributed by atoms with Gasteiger partial charge in [-0.25, -0.2) is 9.97 Å². The Hall–Kier alpha value is -3.41. The molecule has 2 aromatic heterocycles. The number of aryl methyl sites for hydroxylation is 1. The van der Waals surface area contributed by atoms with Gasteiger partial charge in [-0.15, -0.1) is 0 Å². The van der Waals surface area contributed by atoms with Crippen LogP contribution in [0, 0.1) is 11.3 Å². The van der Waals surface area contributed by atoms with Gasteiger partial charge in [-0.1, -0.05) is 0 Å². The number of carbonyl (C=O) groups excluding carboxylic acids is 1. The molecule has 0 aliphatic rings. The molecule has 0 atom stereocenters. The number of nitriles is 1. The van der Waals surface area contributed by atoms with E-state index in [9.17, 15) is 23.2 Å². The third kappa shape index (κ3) is 4.37. The van der Waals surface area contributed by atoms with E-state index in [1.54, 1.807) is 17.7 Å². The van der Waals surface area contributed by atoms with Crippen LogP contribution < -0.4 is 4.74 Å². The summed E-state index contributed by atoms with van der Waals surface area (Å²) in [7, 11) is 1.72. The van der Waals surface area contributed by atoms with Crippen LogP contribution in [0.15, 0.2) is 30.6 Å². The molecule has 0 unspecified atom stereocenters. The second kappa shape index (κ2) is 7.91. The second-order valence-electron chi connectivity index (χ2n) is 6.55. The molecule has 150 valence electrons. The zero-order chi connectivity index (χ0) is 21.2. The topological polar surface area (TPSA) is 80.8 Å². The van der Waals surface area contributed by atoms with Crippen LogP contribution in [0.4, 0.5) is 13.2 Å². The molecule has 0 saturated carbocycles. The van der Waals surface area contributed by atoms with Crippen molar-refractivity contribution in [1.29, 1.82) is 5.26 Å². The van der Waals surface area contributed by atoms with Gasteiger partial charge in [0.15, 0.2) is 5.69 Å². The summed E-state index contributed by atoms with van der Waals surface area (Å²) in [6, 6.07) is 7.16. The molecule has 3 rings (SSSR count). The molecule has 9 heteroatoms. The maximum Gasteiger partial charge on any atom is 0.419 e. The molecule has 0 amide bonds. The van der Waals surface area contributed by atoms with Gasteiger partial charge in [-0.3, -0.25) is 0 Å². The highest BCUT2D eigenvalue weighted by Crippen LogP contribution is 2.39. The number of ketones is 1. The highest BCUT2D eigenvalue weighted by molar-refractivity contribution is 5.84. The van der Waals surface area contributed by atoms with Crippen molar-refractivity contribution in [2.24, 2.45) is 7.05 Å². The minimum atomic E-state index is -4.64. The normalized spacial score (nSPS) is 11.4. The number of rotatable bonds is 6. The number of benzene rings is 1. The average molecular weight is 402 g/mol. The minimum absolute atomic E-state index is 0.000183. The van der Waals surface area contributed by atoms with Crippen LogP contribution in [0.2, 0.25) is 0 Å². The molecular formula is C20H17F3N4O2. The summed E-state index contributed by atoms with van der Waals surface area (Å²) in [6.07, 6.45) is -2.56. The lowest BCUT2D eigenvalue weighted by Crippen LogP contribution is -2.10. The molecular weight excluding hydrogens is 385 g/mol. The number of Topliss-reactive ketones (excluding diaryl/α,β-unsaturated/α-hetero) is 1. The number of nitrogens with zero attached hydrogens (tertiary/aromatic N) is 4. The number of aromatic nitrogens is 3. The summed E-state index contributed by atoms with van der Waals surface area (Å²) < 4.78 is 47.7. The van der Waals surface area contributed by atoms with Crippen molar-refractivity contribution in [3.8, 4) is 23.1 Å². The fourth-order valence-corrected chi connectivity index (χ4v) is 2.89. The third-order valence-corrected chi connectivity index (χ3v) is 4.33. The highest BCUT2D eigenvalue weighted by atomic mass is 19.4. The molecule has 0 saturated heterocycles. The van der Waals surface area contributed by atoms with E-state index in [0.717, 1.165) is 6.07 Å². The van der Waals surface area contributed by atoms with Crippen LogP contribution >= 0.6 is 0 Å². The number of carbonyl (C=O) groups is 1. The van der Waals surface area contributed by atoms with E-state index in [2.05, 4.69) is 9.97 Å². The Morgan fingerprint density at radius 1 is 1.31 bits per heavy atom. The van der Waals surface area contributed by atoms with Crippen LogP contribution in [-0.4, -0.2) is 26.9 Å². The van der Waals surface area contributed by atoms with Gasteiger partial charge < -0.3 is 14.1 Å². The summed E-state index contributed by atoms with van der Waals surface area (Å²) in [5, 5.41) is 9.32. The number of fused-ring (bicyclic) bond motifs is 1. The van der Waals surface area contributed by atoms with E-state index in [0.29, 0.717) is 17.5 Å². The minimum Gasteiger partial charge on any atom is -0.493 e. The quantitative estimate of drug-likeness (QED) is 0.575. The summed E-state index contributed by atoms with van der Waals surface area (Å²) in [5.41, 5.74) is 0.503. The smallest absolute Gasteiger partial charge is 0.419 e. The maximum atomic E-state index is 13.6. The number of imidazole rings is 1. The molecule has 0 radical (unpaired) electrons. The van der Waals surface area contributed by atoms with Crippen LogP contribution in [0.25, 0.3) is 22.3 Å². The second-order valence-corrected chi connectivity index (χ2v) is 6.55. The number of pyridine rings is 1. The zero-order valence-corrected chi connectivity index (χ0v) is 15.7. The fraction of sp³-hybridized carbons (Fsp3) is 0.300. The highest BCUT2D eigenvalue weighted by Gasteiger charge is 2.35. The van der Waals surface area contributed by atoms with E-state index in [1.807, 2.05) is 6.07 Å². The lowest BCUT2D eigenvalue weighted by atomic mass is 10.1. The molecule has 0 aliphatic carbocycles. The van der Waals surface area contributed by atoms with Crippen LogP contribution in [0.5, 0.6) is 5.75 Å². The average Bonchev–Trinajstić information content (AvgIpc) is 3.04. The van der Waals surface area contributed by atoms with Gasteiger partial charge in [0, 0.05) is 19.0 Å². The van der Waals surface area contributed by atoms with Gasteiger partial charge in [0.05, 0.1) is 29.7 Å². The lowest BCUT2D eigenvalue weighted by Gasteiger charge is -2.15. The van der Waals surface area contributed by atoms with Crippen molar-refractivity contribution in [1.82, 2.24) is 14.5 Å². The van der Waals surface area contributed by atoms with Crippen molar-refractivity contribution in [2.45, 2.75) is 25.9 Å². The molecule has 1 aromatic carbocycles. The van der Waals surface area contributed by atoms with E-state index in [1.165, 1.54) is 25.4 Å². The summed E-state index contributed by atoms with van der Waals surface area (Å²) in [5.74, 6) is -0.364. The molecule has 2 heterocycles. The standard InChI is InChI=1S/C20H17F3N4O2/c1-12(28)4-3-7-29-18-6-5-13(8-14(18)20(21,22)23)15-9-17-19(16(10-24)26-15)25-11-27(17)2/h5-6,8-9,11H,3-4,7H2,1-2H3. The number of halogens is 3. The van der Waals surface area contributed by atoms with Crippen LogP contribution in [-0.2, 0) is 18.0 Å². The predicted octanol–water partition coefficient (Wildman–Crippen LogP) is 4.27. The number of alkyl halides is 3. The molecule has 0 spiro atoms. The van der Waals surface area contributed by atoms with Crippen LogP contribution in [0.1, 0.15) is 31.0 Å². The monoisotopic (exact) mass is 402 g/mol. The van der Waals surface area contributed by atoms with Crippen molar-refractivity contribution in [3.05, 3.63) is 41.9 Å². The van der Waals surface area contributed by atoms with Crippen molar-refractivity contribution >= 4 is 16.8 Å². The Balaban J connectivity index is 2.01. The summed E-state index contributed by atoms with van der Waals surface area (Å²) in [6.45, 7) is 1.41. The summed E-state index contributed by atoms with van der Waals surface area (Å²) in [4.78, 5) is 19.2. The number of hydrogen-bond acceptors (Lipinski definition) is 5. The summed E-state index contributed by atoms with van der Waals surface area (Å²) >= 11 is 0. The molecule has 0 aliphatic heterocycles.